The first-order chi connectivity index (χ1) is 19.8. The first kappa shape index (κ1) is 25.8. The number of anilines is 1. The molecule has 0 aromatic heterocycles. The number of benzene rings is 3. The second kappa shape index (κ2) is 9.48. The number of Topliss-reactive ketones (excluding diaryl/α,β-unsaturated/α-hetero) is 1. The normalized spacial score (nSPS) is 25.7. The van der Waals surface area contributed by atoms with E-state index < -0.39 is 23.7 Å². The largest absolute Gasteiger partial charge is 0.508 e. The Morgan fingerprint density at radius 3 is 2.44 bits per heavy atom. The summed E-state index contributed by atoms with van der Waals surface area (Å²) in [5, 5.41) is 12.9. The number of rotatable bonds is 3. The second-order valence-electron chi connectivity index (χ2n) is 11.1. The number of halogens is 1. The molecule has 3 aromatic carbocycles. The summed E-state index contributed by atoms with van der Waals surface area (Å²) in [6.07, 6.45) is 4.64. The number of aromatic hydroxyl groups is 1. The van der Waals surface area contributed by atoms with Gasteiger partial charge in [-0.15, -0.1) is 0 Å². The standard InChI is InChI=1S/C34H26BrNO5/c1-2-17-7-10-19(11-8-17)36-33(40)22-13-12-21-23(28(22)34(36)41)15-24-30(27(38)16-25(35)32(24)39)31(21)29-20-6-4-3-5-18(20)9-14-26(29)37/h3-12,14,16,22-23,28,31,37H,2,13,15H2,1H3. The molecule has 0 radical (unpaired) electrons. The van der Waals surface area contributed by atoms with Crippen LogP contribution in [0.15, 0.2) is 94.0 Å². The number of carbonyl (C=O) groups is 4. The van der Waals surface area contributed by atoms with Crippen LogP contribution in [-0.2, 0) is 25.6 Å². The number of hydrogen-bond acceptors (Lipinski definition) is 5. The molecule has 1 aliphatic heterocycles. The van der Waals surface area contributed by atoms with Crippen molar-refractivity contribution in [3.63, 3.8) is 0 Å². The zero-order valence-electron chi connectivity index (χ0n) is 22.3. The number of nitrogens with zero attached hydrogens (tertiary/aromatic N) is 1. The van der Waals surface area contributed by atoms with Crippen molar-refractivity contribution in [2.24, 2.45) is 17.8 Å². The molecule has 0 saturated carbocycles. The van der Waals surface area contributed by atoms with Crippen LogP contribution in [0.5, 0.6) is 5.75 Å². The summed E-state index contributed by atoms with van der Waals surface area (Å²) in [5.74, 6) is -3.51. The number of phenols is 1. The minimum absolute atomic E-state index is 0.0181. The predicted molar refractivity (Wildman–Crippen MR) is 159 cm³/mol. The third kappa shape index (κ3) is 3.75. The summed E-state index contributed by atoms with van der Waals surface area (Å²) < 4.78 is 0.174. The van der Waals surface area contributed by atoms with Gasteiger partial charge in [0, 0.05) is 28.7 Å². The molecule has 1 N–H and O–H groups in total. The molecule has 1 heterocycles. The van der Waals surface area contributed by atoms with Gasteiger partial charge in [0.05, 0.1) is 22.0 Å². The van der Waals surface area contributed by atoms with Crippen molar-refractivity contribution in [1.29, 1.82) is 0 Å². The Labute approximate surface area is 245 Å². The fourth-order valence-corrected chi connectivity index (χ4v) is 7.71. The molecule has 6 nitrogen and oxygen atoms in total. The zero-order chi connectivity index (χ0) is 28.6. The maximum absolute atomic E-state index is 14.1. The van der Waals surface area contributed by atoms with Crippen molar-refractivity contribution < 1.29 is 24.3 Å². The number of aryl methyl sites for hydroxylation is 1. The highest BCUT2D eigenvalue weighted by Crippen LogP contribution is 2.57. The van der Waals surface area contributed by atoms with E-state index in [1.165, 1.54) is 11.0 Å². The van der Waals surface area contributed by atoms with E-state index >= 15 is 0 Å². The smallest absolute Gasteiger partial charge is 0.238 e. The van der Waals surface area contributed by atoms with E-state index in [0.29, 0.717) is 28.8 Å². The number of hydrogen-bond donors (Lipinski definition) is 1. The molecule has 3 aromatic rings. The van der Waals surface area contributed by atoms with Crippen LogP contribution in [0.2, 0.25) is 0 Å². The maximum atomic E-state index is 14.1. The van der Waals surface area contributed by atoms with Gasteiger partial charge < -0.3 is 5.11 Å². The monoisotopic (exact) mass is 607 g/mol. The molecule has 4 unspecified atom stereocenters. The third-order valence-corrected chi connectivity index (χ3v) is 9.76. The van der Waals surface area contributed by atoms with E-state index in [1.807, 2.05) is 67.6 Å². The number of amides is 2. The molecule has 7 heteroatoms. The predicted octanol–water partition coefficient (Wildman–Crippen LogP) is 6.07. The average molecular weight is 608 g/mol. The molecule has 204 valence electrons. The van der Waals surface area contributed by atoms with E-state index in [4.69, 9.17) is 0 Å². The zero-order valence-corrected chi connectivity index (χ0v) is 23.9. The van der Waals surface area contributed by atoms with Gasteiger partial charge in [0.2, 0.25) is 11.8 Å². The quantitative estimate of drug-likeness (QED) is 0.221. The number of allylic oxidation sites excluding steroid dienone is 6. The first-order valence-corrected chi connectivity index (χ1v) is 14.7. The molecule has 7 rings (SSSR count). The van der Waals surface area contributed by atoms with Gasteiger partial charge in [-0.3, -0.25) is 24.1 Å². The van der Waals surface area contributed by atoms with Gasteiger partial charge in [-0.2, -0.15) is 0 Å². The van der Waals surface area contributed by atoms with E-state index in [9.17, 15) is 24.3 Å². The number of fused-ring (bicyclic) bond motifs is 4. The Balaban J connectivity index is 1.40. The Kier molecular flexibility index (Phi) is 5.98. The lowest BCUT2D eigenvalue weighted by Crippen LogP contribution is -2.39. The van der Waals surface area contributed by atoms with Gasteiger partial charge in [-0.05, 0) is 75.6 Å². The molecule has 0 spiro atoms. The Morgan fingerprint density at radius 2 is 1.68 bits per heavy atom. The van der Waals surface area contributed by atoms with Crippen LogP contribution in [0.1, 0.15) is 36.8 Å². The van der Waals surface area contributed by atoms with Gasteiger partial charge in [-0.25, -0.2) is 0 Å². The van der Waals surface area contributed by atoms with Crippen molar-refractivity contribution in [2.45, 2.75) is 32.1 Å². The van der Waals surface area contributed by atoms with Crippen LogP contribution in [0, 0.1) is 17.8 Å². The molecule has 2 amide bonds. The van der Waals surface area contributed by atoms with Gasteiger partial charge in [-0.1, -0.05) is 61.0 Å². The lowest BCUT2D eigenvalue weighted by molar-refractivity contribution is -0.123. The first-order valence-electron chi connectivity index (χ1n) is 13.9. The average Bonchev–Trinajstić information content (AvgIpc) is 3.24. The summed E-state index contributed by atoms with van der Waals surface area (Å²) in [6.45, 7) is 2.05. The lowest BCUT2D eigenvalue weighted by Gasteiger charge is -2.42. The summed E-state index contributed by atoms with van der Waals surface area (Å²) in [6, 6.07) is 18.5. The molecule has 0 bridgehead atoms. The molecule has 4 atom stereocenters. The fraction of sp³-hybridized carbons (Fsp3) is 0.235. The van der Waals surface area contributed by atoms with E-state index in [1.54, 1.807) is 6.07 Å². The Morgan fingerprint density at radius 1 is 0.927 bits per heavy atom. The summed E-state index contributed by atoms with van der Waals surface area (Å²) in [7, 11) is 0. The SMILES string of the molecule is CCc1ccc(N2C(=O)C3CC=C4C(c5c(O)ccc6ccccc56)C5=C(CC4C3C2=O)C(=O)C(Br)=CC5=O)cc1. The van der Waals surface area contributed by atoms with Gasteiger partial charge in [0.1, 0.15) is 5.75 Å². The molecule has 1 saturated heterocycles. The van der Waals surface area contributed by atoms with Crippen LogP contribution in [-0.4, -0.2) is 28.5 Å². The van der Waals surface area contributed by atoms with Crippen LogP contribution >= 0.6 is 15.9 Å². The topological polar surface area (TPSA) is 91.8 Å². The van der Waals surface area contributed by atoms with Crippen molar-refractivity contribution in [3.8, 4) is 5.75 Å². The summed E-state index contributed by atoms with van der Waals surface area (Å²) >= 11 is 3.27. The van der Waals surface area contributed by atoms with Crippen LogP contribution in [0.25, 0.3) is 10.8 Å². The summed E-state index contributed by atoms with van der Waals surface area (Å²) in [4.78, 5) is 56.2. The van der Waals surface area contributed by atoms with Crippen molar-refractivity contribution in [3.05, 3.63) is 105 Å². The number of ketones is 2. The van der Waals surface area contributed by atoms with Crippen molar-refractivity contribution in [1.82, 2.24) is 0 Å². The molecule has 4 aliphatic rings. The van der Waals surface area contributed by atoms with Gasteiger partial charge >= 0.3 is 0 Å². The fourth-order valence-electron chi connectivity index (χ4n) is 7.26. The third-order valence-electron chi connectivity index (χ3n) is 9.17. The summed E-state index contributed by atoms with van der Waals surface area (Å²) in [5.41, 5.74) is 3.69. The van der Waals surface area contributed by atoms with E-state index in [2.05, 4.69) is 15.9 Å². The molecule has 41 heavy (non-hydrogen) atoms. The number of imide groups is 1. The minimum atomic E-state index is -0.718. The second-order valence-corrected chi connectivity index (χ2v) is 12.0. The molecular formula is C34H26BrNO5. The minimum Gasteiger partial charge on any atom is -0.508 e. The molecule has 1 fully saturated rings. The highest BCUT2D eigenvalue weighted by molar-refractivity contribution is 9.12. The Hall–Kier alpha value is -4.10. The molecule has 3 aliphatic carbocycles. The van der Waals surface area contributed by atoms with Crippen molar-refractivity contribution in [2.75, 3.05) is 4.90 Å². The highest BCUT2D eigenvalue weighted by Gasteiger charge is 2.57. The lowest BCUT2D eigenvalue weighted by atomic mass is 9.59. The van der Waals surface area contributed by atoms with Gasteiger partial charge in [0.15, 0.2) is 11.6 Å². The molecular weight excluding hydrogens is 582 g/mol. The van der Waals surface area contributed by atoms with Gasteiger partial charge in [0.25, 0.3) is 0 Å². The van der Waals surface area contributed by atoms with E-state index in [-0.39, 0.29) is 40.0 Å². The number of carbonyl (C=O) groups excluding carboxylic acids is 4. The van der Waals surface area contributed by atoms with Crippen LogP contribution in [0.3, 0.4) is 0 Å². The van der Waals surface area contributed by atoms with E-state index in [0.717, 1.165) is 28.3 Å². The van der Waals surface area contributed by atoms with Crippen LogP contribution < -0.4 is 4.90 Å². The number of phenolic OH excluding ortho intramolecular Hbond substituents is 1. The Bertz CT molecular complexity index is 1800. The van der Waals surface area contributed by atoms with Crippen LogP contribution in [0.4, 0.5) is 5.69 Å². The van der Waals surface area contributed by atoms with Crippen molar-refractivity contribution >= 4 is 55.8 Å². The maximum Gasteiger partial charge on any atom is 0.238 e. The highest BCUT2D eigenvalue weighted by atomic mass is 79.9.